The summed E-state index contributed by atoms with van der Waals surface area (Å²) in [6.45, 7) is 1.77. The van der Waals surface area contributed by atoms with E-state index in [1.807, 2.05) is 0 Å². The molecule has 92 valence electrons. The summed E-state index contributed by atoms with van der Waals surface area (Å²) in [4.78, 5) is 0. The molecule has 0 aromatic carbocycles. The SMILES string of the molecule is Cc1nnc(SCCC2CCCC2(N)C#N)o1. The van der Waals surface area contributed by atoms with Crippen LogP contribution in [-0.4, -0.2) is 21.5 Å². The predicted octanol–water partition coefficient (Wildman–Crippen LogP) is 1.88. The Kier molecular flexibility index (Phi) is 3.69. The zero-order chi connectivity index (χ0) is 12.3. The molecular weight excluding hydrogens is 236 g/mol. The minimum absolute atomic E-state index is 0.295. The van der Waals surface area contributed by atoms with Gasteiger partial charge in [-0.2, -0.15) is 5.26 Å². The number of rotatable bonds is 4. The van der Waals surface area contributed by atoms with Gasteiger partial charge >= 0.3 is 0 Å². The molecule has 2 atom stereocenters. The molecule has 1 aliphatic rings. The predicted molar refractivity (Wildman–Crippen MR) is 64.2 cm³/mol. The Hall–Kier alpha value is -1.06. The number of nitrogens with two attached hydrogens (primary N) is 1. The molecule has 2 rings (SSSR count). The van der Waals surface area contributed by atoms with Crippen LogP contribution in [0.4, 0.5) is 0 Å². The normalized spacial score (nSPS) is 28.2. The Morgan fingerprint density at radius 3 is 3.12 bits per heavy atom. The van der Waals surface area contributed by atoms with Gasteiger partial charge in [-0.15, -0.1) is 10.2 Å². The van der Waals surface area contributed by atoms with Crippen LogP contribution in [0, 0.1) is 24.2 Å². The average molecular weight is 252 g/mol. The fourth-order valence-electron chi connectivity index (χ4n) is 2.28. The van der Waals surface area contributed by atoms with Crippen LogP contribution < -0.4 is 5.73 Å². The van der Waals surface area contributed by atoms with Crippen molar-refractivity contribution in [1.82, 2.24) is 10.2 Å². The molecule has 1 heterocycles. The molecule has 0 aliphatic heterocycles. The number of aryl methyl sites for hydroxylation is 1. The van der Waals surface area contributed by atoms with Gasteiger partial charge in [-0.05, 0) is 25.2 Å². The molecule has 2 unspecified atom stereocenters. The van der Waals surface area contributed by atoms with Crippen LogP contribution in [0.25, 0.3) is 0 Å². The Morgan fingerprint density at radius 2 is 2.47 bits per heavy atom. The highest BCUT2D eigenvalue weighted by Crippen LogP contribution is 2.36. The molecule has 0 saturated heterocycles. The van der Waals surface area contributed by atoms with Crippen LogP contribution in [0.2, 0.25) is 0 Å². The molecule has 0 amide bonds. The molecule has 0 bridgehead atoms. The van der Waals surface area contributed by atoms with Crippen molar-refractivity contribution in [2.45, 2.75) is 43.4 Å². The summed E-state index contributed by atoms with van der Waals surface area (Å²) >= 11 is 1.53. The quantitative estimate of drug-likeness (QED) is 0.823. The molecule has 5 nitrogen and oxygen atoms in total. The molecule has 1 fully saturated rings. The second kappa shape index (κ2) is 5.07. The fraction of sp³-hybridized carbons (Fsp3) is 0.727. The van der Waals surface area contributed by atoms with Gasteiger partial charge in [-0.25, -0.2) is 0 Å². The van der Waals surface area contributed by atoms with E-state index in [0.29, 0.717) is 17.0 Å². The zero-order valence-corrected chi connectivity index (χ0v) is 10.7. The van der Waals surface area contributed by atoms with E-state index in [-0.39, 0.29) is 0 Å². The highest BCUT2D eigenvalue weighted by Gasteiger charge is 2.39. The first kappa shape index (κ1) is 12.4. The number of nitriles is 1. The van der Waals surface area contributed by atoms with Gasteiger partial charge in [0, 0.05) is 12.7 Å². The minimum atomic E-state index is -0.620. The summed E-state index contributed by atoms with van der Waals surface area (Å²) in [6.07, 6.45) is 3.85. The van der Waals surface area contributed by atoms with E-state index in [2.05, 4.69) is 16.3 Å². The first-order valence-electron chi connectivity index (χ1n) is 5.77. The maximum Gasteiger partial charge on any atom is 0.276 e. The number of nitrogens with zero attached hydrogens (tertiary/aromatic N) is 3. The number of aromatic nitrogens is 2. The first-order chi connectivity index (χ1) is 8.14. The standard InChI is InChI=1S/C11H16N4OS/c1-8-14-15-10(16-8)17-6-4-9-3-2-5-11(9,13)7-12/h9H,2-6,13H2,1H3. The Labute approximate surface area is 105 Å². The van der Waals surface area contributed by atoms with E-state index < -0.39 is 5.54 Å². The van der Waals surface area contributed by atoms with E-state index in [1.165, 1.54) is 11.8 Å². The van der Waals surface area contributed by atoms with E-state index in [1.54, 1.807) is 6.92 Å². The highest BCUT2D eigenvalue weighted by molar-refractivity contribution is 7.99. The van der Waals surface area contributed by atoms with Gasteiger partial charge in [0.15, 0.2) is 0 Å². The van der Waals surface area contributed by atoms with Crippen molar-refractivity contribution in [3.63, 3.8) is 0 Å². The average Bonchev–Trinajstić information content (AvgIpc) is 2.87. The lowest BCUT2D eigenvalue weighted by Crippen LogP contribution is -2.41. The van der Waals surface area contributed by atoms with Gasteiger partial charge in [-0.1, -0.05) is 18.2 Å². The minimum Gasteiger partial charge on any atom is -0.416 e. The van der Waals surface area contributed by atoms with Crippen molar-refractivity contribution in [3.8, 4) is 6.07 Å². The summed E-state index contributed by atoms with van der Waals surface area (Å²) in [5.74, 6) is 1.75. The molecule has 1 aromatic heterocycles. The van der Waals surface area contributed by atoms with Crippen molar-refractivity contribution < 1.29 is 4.42 Å². The van der Waals surface area contributed by atoms with E-state index in [4.69, 9.17) is 15.4 Å². The van der Waals surface area contributed by atoms with E-state index in [9.17, 15) is 0 Å². The van der Waals surface area contributed by atoms with Crippen molar-refractivity contribution in [3.05, 3.63) is 5.89 Å². The number of hydrogen-bond acceptors (Lipinski definition) is 6. The third kappa shape index (κ3) is 2.79. The molecule has 1 aliphatic carbocycles. The highest BCUT2D eigenvalue weighted by atomic mass is 32.2. The van der Waals surface area contributed by atoms with Gasteiger partial charge in [0.1, 0.15) is 5.54 Å². The van der Waals surface area contributed by atoms with Crippen LogP contribution in [0.3, 0.4) is 0 Å². The van der Waals surface area contributed by atoms with E-state index >= 15 is 0 Å². The topological polar surface area (TPSA) is 88.7 Å². The fourth-order valence-corrected chi connectivity index (χ4v) is 3.13. The van der Waals surface area contributed by atoms with Crippen molar-refractivity contribution >= 4 is 11.8 Å². The summed E-state index contributed by atoms with van der Waals surface area (Å²) in [7, 11) is 0. The molecule has 1 aromatic rings. The zero-order valence-electron chi connectivity index (χ0n) is 9.85. The summed E-state index contributed by atoms with van der Waals surface area (Å²) in [5.41, 5.74) is 5.44. The van der Waals surface area contributed by atoms with Gasteiger partial charge in [0.25, 0.3) is 5.22 Å². The lowest BCUT2D eigenvalue weighted by atomic mass is 9.88. The summed E-state index contributed by atoms with van der Waals surface area (Å²) < 4.78 is 5.27. The number of hydrogen-bond donors (Lipinski definition) is 1. The van der Waals surface area contributed by atoms with Crippen LogP contribution in [0.1, 0.15) is 31.6 Å². The summed E-state index contributed by atoms with van der Waals surface area (Å²) in [5, 5.41) is 17.4. The molecular formula is C11H16N4OS. The van der Waals surface area contributed by atoms with E-state index in [0.717, 1.165) is 31.4 Å². The smallest absolute Gasteiger partial charge is 0.276 e. The monoisotopic (exact) mass is 252 g/mol. The largest absolute Gasteiger partial charge is 0.416 e. The second-order valence-corrected chi connectivity index (χ2v) is 5.51. The van der Waals surface area contributed by atoms with Crippen molar-refractivity contribution in [2.24, 2.45) is 11.7 Å². The maximum absolute atomic E-state index is 9.09. The lowest BCUT2D eigenvalue weighted by molar-refractivity contribution is 0.387. The van der Waals surface area contributed by atoms with Crippen molar-refractivity contribution in [2.75, 3.05) is 5.75 Å². The third-order valence-corrected chi connectivity index (χ3v) is 4.13. The first-order valence-corrected chi connectivity index (χ1v) is 6.75. The van der Waals surface area contributed by atoms with Crippen LogP contribution in [0.5, 0.6) is 0 Å². The van der Waals surface area contributed by atoms with Crippen molar-refractivity contribution in [1.29, 1.82) is 5.26 Å². The second-order valence-electron chi connectivity index (χ2n) is 4.47. The third-order valence-electron chi connectivity index (χ3n) is 3.28. The Morgan fingerprint density at radius 1 is 1.65 bits per heavy atom. The molecule has 0 spiro atoms. The van der Waals surface area contributed by atoms with Gasteiger partial charge in [-0.3, -0.25) is 0 Å². The Balaban J connectivity index is 1.81. The molecule has 6 heteroatoms. The molecule has 17 heavy (non-hydrogen) atoms. The maximum atomic E-state index is 9.09. The summed E-state index contributed by atoms with van der Waals surface area (Å²) in [6, 6.07) is 2.26. The van der Waals surface area contributed by atoms with Crippen LogP contribution >= 0.6 is 11.8 Å². The Bertz CT molecular complexity index is 427. The van der Waals surface area contributed by atoms with Gasteiger partial charge < -0.3 is 10.2 Å². The van der Waals surface area contributed by atoms with Gasteiger partial charge in [0.05, 0.1) is 6.07 Å². The lowest BCUT2D eigenvalue weighted by Gasteiger charge is -2.23. The van der Waals surface area contributed by atoms with Crippen LogP contribution in [0.15, 0.2) is 9.64 Å². The van der Waals surface area contributed by atoms with Crippen LogP contribution in [-0.2, 0) is 0 Å². The molecule has 1 saturated carbocycles. The molecule has 0 radical (unpaired) electrons. The van der Waals surface area contributed by atoms with Gasteiger partial charge in [0.2, 0.25) is 5.89 Å². The number of thioether (sulfide) groups is 1. The molecule has 2 N–H and O–H groups in total.